The molecular weight excluding hydrogens is 256 g/mol. The second kappa shape index (κ2) is 6.88. The number of nitrogens with zero attached hydrogens (tertiary/aromatic N) is 1. The Morgan fingerprint density at radius 3 is 2.05 bits per heavy atom. The van der Waals surface area contributed by atoms with Gasteiger partial charge in [0.1, 0.15) is 0 Å². The lowest BCUT2D eigenvalue weighted by molar-refractivity contribution is 0.251. The van der Waals surface area contributed by atoms with Crippen molar-refractivity contribution in [2.24, 2.45) is 5.73 Å². The van der Waals surface area contributed by atoms with Gasteiger partial charge >= 0.3 is 0 Å². The summed E-state index contributed by atoms with van der Waals surface area (Å²) in [6.07, 6.45) is 2.52. The van der Waals surface area contributed by atoms with Crippen molar-refractivity contribution in [3.63, 3.8) is 0 Å². The van der Waals surface area contributed by atoms with E-state index in [-0.39, 0.29) is 0 Å². The molecule has 2 heteroatoms. The van der Waals surface area contributed by atoms with Crippen molar-refractivity contribution in [3.8, 4) is 0 Å². The molecule has 0 bridgehead atoms. The van der Waals surface area contributed by atoms with E-state index >= 15 is 0 Å². The first-order valence-corrected chi connectivity index (χ1v) is 7.92. The summed E-state index contributed by atoms with van der Waals surface area (Å²) in [5.41, 5.74) is 8.73. The maximum absolute atomic E-state index is 5.94. The summed E-state index contributed by atoms with van der Waals surface area (Å²) in [4.78, 5) is 2.57. The molecule has 2 nitrogen and oxygen atoms in total. The van der Waals surface area contributed by atoms with E-state index in [0.29, 0.717) is 12.0 Å². The molecule has 1 unspecified atom stereocenters. The third kappa shape index (κ3) is 3.34. The van der Waals surface area contributed by atoms with Crippen LogP contribution in [-0.4, -0.2) is 30.6 Å². The van der Waals surface area contributed by atoms with Crippen LogP contribution in [0.5, 0.6) is 0 Å². The predicted octanol–water partition coefficient (Wildman–Crippen LogP) is 3.24. The third-order valence-corrected chi connectivity index (χ3v) is 4.59. The van der Waals surface area contributed by atoms with Crippen molar-refractivity contribution in [2.75, 3.05) is 19.6 Å². The smallest absolute Gasteiger partial charge is 0.0219 e. The van der Waals surface area contributed by atoms with E-state index in [1.807, 2.05) is 0 Å². The molecule has 1 aliphatic rings. The Labute approximate surface area is 127 Å². The quantitative estimate of drug-likeness (QED) is 0.911. The highest BCUT2D eigenvalue weighted by Crippen LogP contribution is 2.28. The minimum Gasteiger partial charge on any atom is -0.329 e. The molecule has 0 amide bonds. The van der Waals surface area contributed by atoms with Gasteiger partial charge in [-0.25, -0.2) is 0 Å². The molecule has 1 aliphatic heterocycles. The van der Waals surface area contributed by atoms with Gasteiger partial charge in [-0.1, -0.05) is 60.7 Å². The van der Waals surface area contributed by atoms with E-state index < -0.39 is 0 Å². The van der Waals surface area contributed by atoms with Crippen LogP contribution in [0, 0.1) is 0 Å². The Kier molecular flexibility index (Phi) is 4.69. The Hall–Kier alpha value is -1.64. The zero-order chi connectivity index (χ0) is 14.5. The van der Waals surface area contributed by atoms with Crippen molar-refractivity contribution in [1.29, 1.82) is 0 Å². The fourth-order valence-electron chi connectivity index (χ4n) is 3.41. The molecule has 2 aromatic carbocycles. The molecule has 1 atom stereocenters. The average Bonchev–Trinajstić information content (AvgIpc) is 3.01. The van der Waals surface area contributed by atoms with E-state index in [0.717, 1.165) is 13.1 Å². The highest BCUT2D eigenvalue weighted by atomic mass is 15.2. The highest BCUT2D eigenvalue weighted by molar-refractivity contribution is 5.32. The number of nitrogens with two attached hydrogens (primary N) is 1. The number of rotatable bonds is 5. The van der Waals surface area contributed by atoms with E-state index in [9.17, 15) is 0 Å². The van der Waals surface area contributed by atoms with Gasteiger partial charge in [0, 0.05) is 25.0 Å². The third-order valence-electron chi connectivity index (χ3n) is 4.59. The van der Waals surface area contributed by atoms with Crippen LogP contribution in [0.25, 0.3) is 0 Å². The van der Waals surface area contributed by atoms with Crippen molar-refractivity contribution >= 4 is 0 Å². The Morgan fingerprint density at radius 1 is 0.952 bits per heavy atom. The van der Waals surface area contributed by atoms with Crippen LogP contribution in [0.15, 0.2) is 60.7 Å². The van der Waals surface area contributed by atoms with Crippen molar-refractivity contribution < 1.29 is 0 Å². The number of benzene rings is 2. The van der Waals surface area contributed by atoms with Crippen LogP contribution < -0.4 is 5.73 Å². The summed E-state index contributed by atoms with van der Waals surface area (Å²) in [7, 11) is 0. The summed E-state index contributed by atoms with van der Waals surface area (Å²) in [6.45, 7) is 3.02. The fraction of sp³-hybridized carbons (Fsp3) is 0.368. The van der Waals surface area contributed by atoms with Gasteiger partial charge < -0.3 is 5.73 Å². The summed E-state index contributed by atoms with van der Waals surface area (Å²) < 4.78 is 0. The van der Waals surface area contributed by atoms with Gasteiger partial charge in [0.25, 0.3) is 0 Å². The molecule has 2 N–H and O–H groups in total. The molecule has 2 aromatic rings. The van der Waals surface area contributed by atoms with Gasteiger partial charge in [0.05, 0.1) is 0 Å². The molecule has 0 radical (unpaired) electrons. The van der Waals surface area contributed by atoms with Crippen LogP contribution in [0.4, 0.5) is 0 Å². The Balaban J connectivity index is 1.86. The summed E-state index contributed by atoms with van der Waals surface area (Å²) in [6, 6.07) is 22.2. The van der Waals surface area contributed by atoms with Crippen LogP contribution in [0.2, 0.25) is 0 Å². The highest BCUT2D eigenvalue weighted by Gasteiger charge is 2.26. The molecule has 0 aromatic heterocycles. The van der Waals surface area contributed by atoms with E-state index in [4.69, 9.17) is 5.73 Å². The van der Waals surface area contributed by atoms with E-state index in [1.165, 1.54) is 30.5 Å². The van der Waals surface area contributed by atoms with Crippen molar-refractivity contribution in [3.05, 3.63) is 71.8 Å². The molecule has 0 spiro atoms. The van der Waals surface area contributed by atoms with E-state index in [2.05, 4.69) is 65.6 Å². The van der Waals surface area contributed by atoms with Gasteiger partial charge in [-0.05, 0) is 30.5 Å². The van der Waals surface area contributed by atoms with Crippen LogP contribution in [0.3, 0.4) is 0 Å². The van der Waals surface area contributed by atoms with E-state index in [1.54, 1.807) is 0 Å². The predicted molar refractivity (Wildman–Crippen MR) is 88.4 cm³/mol. The lowest BCUT2D eigenvalue weighted by atomic mass is 9.90. The summed E-state index contributed by atoms with van der Waals surface area (Å²) in [5.74, 6) is 0.430. The minimum atomic E-state index is 0.430. The zero-order valence-electron chi connectivity index (χ0n) is 12.5. The molecule has 1 heterocycles. The first-order valence-electron chi connectivity index (χ1n) is 7.92. The first-order chi connectivity index (χ1) is 10.4. The first kappa shape index (κ1) is 14.3. The maximum Gasteiger partial charge on any atom is 0.0219 e. The number of hydrogen-bond donors (Lipinski definition) is 1. The molecule has 0 aliphatic carbocycles. The Bertz CT molecular complexity index is 499. The van der Waals surface area contributed by atoms with Gasteiger partial charge in [-0.15, -0.1) is 0 Å². The average molecular weight is 280 g/mol. The van der Waals surface area contributed by atoms with Gasteiger partial charge in [0.15, 0.2) is 0 Å². The van der Waals surface area contributed by atoms with Gasteiger partial charge in [-0.2, -0.15) is 0 Å². The normalized spacial score (nSPS) is 19.2. The topological polar surface area (TPSA) is 29.3 Å². The van der Waals surface area contributed by atoms with Crippen LogP contribution >= 0.6 is 0 Å². The molecule has 1 fully saturated rings. The van der Waals surface area contributed by atoms with Crippen LogP contribution in [0.1, 0.15) is 29.9 Å². The molecule has 3 rings (SSSR count). The van der Waals surface area contributed by atoms with Crippen molar-refractivity contribution in [1.82, 2.24) is 4.90 Å². The fourth-order valence-corrected chi connectivity index (χ4v) is 3.41. The SMILES string of the molecule is NCC1CCCN1CC(c1ccccc1)c1ccccc1. The monoisotopic (exact) mass is 280 g/mol. The lowest BCUT2D eigenvalue weighted by Gasteiger charge is -2.29. The zero-order valence-corrected chi connectivity index (χ0v) is 12.5. The molecule has 0 saturated carbocycles. The molecule has 110 valence electrons. The second-order valence-corrected chi connectivity index (χ2v) is 5.90. The van der Waals surface area contributed by atoms with Gasteiger partial charge in [0.2, 0.25) is 0 Å². The number of likely N-dealkylation sites (tertiary alicyclic amines) is 1. The summed E-state index contributed by atoms with van der Waals surface area (Å²) >= 11 is 0. The lowest BCUT2D eigenvalue weighted by Crippen LogP contribution is -2.38. The molecular formula is C19H24N2. The van der Waals surface area contributed by atoms with Crippen LogP contribution in [-0.2, 0) is 0 Å². The maximum atomic E-state index is 5.94. The standard InChI is InChI=1S/C19H24N2/c20-14-18-12-7-13-21(18)15-19(16-8-3-1-4-9-16)17-10-5-2-6-11-17/h1-6,8-11,18-19H,7,12-15,20H2. The second-order valence-electron chi connectivity index (χ2n) is 5.90. The summed E-state index contributed by atoms with van der Waals surface area (Å²) in [5, 5.41) is 0. The number of hydrogen-bond acceptors (Lipinski definition) is 2. The van der Waals surface area contributed by atoms with Crippen molar-refractivity contribution in [2.45, 2.75) is 24.8 Å². The Morgan fingerprint density at radius 2 is 1.52 bits per heavy atom. The minimum absolute atomic E-state index is 0.430. The molecule has 21 heavy (non-hydrogen) atoms. The largest absolute Gasteiger partial charge is 0.329 e. The molecule has 1 saturated heterocycles. The van der Waals surface area contributed by atoms with Gasteiger partial charge in [-0.3, -0.25) is 4.90 Å².